The quantitative estimate of drug-likeness (QED) is 0.728. The summed E-state index contributed by atoms with van der Waals surface area (Å²) in [7, 11) is 4.25. The first-order valence-corrected chi connectivity index (χ1v) is 6.93. The minimum atomic E-state index is 0.356. The number of benzene rings is 1. The van der Waals surface area contributed by atoms with Crippen LogP contribution in [0.5, 0.6) is 0 Å². The molecule has 2 nitrogen and oxygen atoms in total. The predicted octanol–water partition coefficient (Wildman–Crippen LogP) is 3.77. The molecule has 0 saturated carbocycles. The summed E-state index contributed by atoms with van der Waals surface area (Å²) in [6.07, 6.45) is 9.75. The van der Waals surface area contributed by atoms with Crippen molar-refractivity contribution in [3.05, 3.63) is 47.8 Å². The molecule has 1 aliphatic rings. The van der Waals surface area contributed by atoms with Gasteiger partial charge < -0.3 is 9.80 Å². The Hall–Kier alpha value is -1.44. The molecule has 0 amide bonds. The topological polar surface area (TPSA) is 6.48 Å². The van der Waals surface area contributed by atoms with Crippen LogP contribution in [0.25, 0.3) is 0 Å². The zero-order valence-corrected chi connectivity index (χ0v) is 11.8. The molecule has 0 radical (unpaired) electrons. The van der Waals surface area contributed by atoms with Gasteiger partial charge >= 0.3 is 0 Å². The van der Waals surface area contributed by atoms with Crippen molar-refractivity contribution in [2.75, 3.05) is 14.1 Å². The van der Waals surface area contributed by atoms with Crippen LogP contribution in [-0.4, -0.2) is 23.9 Å². The largest absolute Gasteiger partial charge is 0.355 e. The number of nitrogens with zero attached hydrogens (tertiary/aromatic N) is 2. The molecule has 2 heteroatoms. The molecule has 0 bridgehead atoms. The highest BCUT2D eigenvalue weighted by atomic mass is 15.4. The van der Waals surface area contributed by atoms with Gasteiger partial charge in [0.2, 0.25) is 0 Å². The normalized spacial score (nSPS) is 15.7. The van der Waals surface area contributed by atoms with E-state index in [0.29, 0.717) is 6.17 Å². The van der Waals surface area contributed by atoms with Gasteiger partial charge in [0, 0.05) is 26.5 Å². The standard InChI is InChI=1S/C16H24N2/c1-4-5-6-7-14-8-10-15(11-9-14)16-17(2)12-13-18(16)3/h8-13,16H,4-7H2,1-3H3. The first-order valence-electron chi connectivity index (χ1n) is 6.93. The molecular formula is C16H24N2. The Labute approximate surface area is 111 Å². The van der Waals surface area contributed by atoms with Crippen LogP contribution in [0.3, 0.4) is 0 Å². The Morgan fingerprint density at radius 2 is 1.56 bits per heavy atom. The Bertz CT molecular complexity index is 382. The molecule has 0 atom stereocenters. The molecule has 1 heterocycles. The van der Waals surface area contributed by atoms with Crippen LogP contribution in [0.2, 0.25) is 0 Å². The maximum absolute atomic E-state index is 2.28. The van der Waals surface area contributed by atoms with E-state index in [1.165, 1.54) is 36.8 Å². The molecule has 0 saturated heterocycles. The smallest absolute Gasteiger partial charge is 0.127 e. The lowest BCUT2D eigenvalue weighted by atomic mass is 10.0. The van der Waals surface area contributed by atoms with Crippen molar-refractivity contribution >= 4 is 0 Å². The van der Waals surface area contributed by atoms with Gasteiger partial charge in [-0.05, 0) is 24.0 Å². The van der Waals surface area contributed by atoms with Crippen LogP contribution < -0.4 is 0 Å². The van der Waals surface area contributed by atoms with Crippen LogP contribution in [0.1, 0.15) is 43.5 Å². The van der Waals surface area contributed by atoms with E-state index in [1.54, 1.807) is 0 Å². The van der Waals surface area contributed by atoms with Gasteiger partial charge in [0.15, 0.2) is 0 Å². The Balaban J connectivity index is 1.99. The van der Waals surface area contributed by atoms with Crippen LogP contribution in [0, 0.1) is 0 Å². The molecule has 0 aliphatic carbocycles. The number of hydrogen-bond donors (Lipinski definition) is 0. The highest BCUT2D eigenvalue weighted by molar-refractivity contribution is 5.26. The van der Waals surface area contributed by atoms with Crippen molar-refractivity contribution in [2.45, 2.75) is 38.8 Å². The average molecular weight is 244 g/mol. The molecule has 0 N–H and O–H groups in total. The summed E-state index contributed by atoms with van der Waals surface area (Å²) in [6.45, 7) is 2.25. The number of unbranched alkanes of at least 4 members (excludes halogenated alkanes) is 2. The summed E-state index contributed by atoms with van der Waals surface area (Å²) in [5.41, 5.74) is 2.83. The fourth-order valence-electron chi connectivity index (χ4n) is 2.57. The van der Waals surface area contributed by atoms with Crippen molar-refractivity contribution in [3.63, 3.8) is 0 Å². The summed E-state index contributed by atoms with van der Waals surface area (Å²) in [5, 5.41) is 0. The maximum atomic E-state index is 2.28. The highest BCUT2D eigenvalue weighted by Crippen LogP contribution is 2.27. The third-order valence-corrected chi connectivity index (χ3v) is 3.66. The van der Waals surface area contributed by atoms with E-state index in [9.17, 15) is 0 Å². The molecule has 2 rings (SSSR count). The number of rotatable bonds is 5. The van der Waals surface area contributed by atoms with Gasteiger partial charge in [-0.25, -0.2) is 0 Å². The molecule has 1 aromatic rings. The molecule has 0 aromatic heterocycles. The zero-order valence-electron chi connectivity index (χ0n) is 11.8. The molecule has 1 aliphatic heterocycles. The summed E-state index contributed by atoms with van der Waals surface area (Å²) in [5.74, 6) is 0. The fraction of sp³-hybridized carbons (Fsp3) is 0.500. The first kappa shape index (κ1) is 13.0. The van der Waals surface area contributed by atoms with Crippen molar-refractivity contribution in [1.29, 1.82) is 0 Å². The van der Waals surface area contributed by atoms with Gasteiger partial charge in [-0.2, -0.15) is 0 Å². The minimum Gasteiger partial charge on any atom is -0.355 e. The highest BCUT2D eigenvalue weighted by Gasteiger charge is 2.21. The summed E-state index contributed by atoms with van der Waals surface area (Å²) in [4.78, 5) is 4.48. The van der Waals surface area contributed by atoms with Gasteiger partial charge in [0.05, 0.1) is 0 Å². The molecule has 0 unspecified atom stereocenters. The van der Waals surface area contributed by atoms with Crippen molar-refractivity contribution in [1.82, 2.24) is 9.80 Å². The SMILES string of the molecule is CCCCCc1ccc(C2N(C)C=CN2C)cc1. The lowest BCUT2D eigenvalue weighted by Gasteiger charge is -2.28. The van der Waals surface area contributed by atoms with E-state index in [0.717, 1.165) is 0 Å². The van der Waals surface area contributed by atoms with Gasteiger partial charge in [0.25, 0.3) is 0 Å². The van der Waals surface area contributed by atoms with Gasteiger partial charge in [0.1, 0.15) is 6.17 Å². The van der Waals surface area contributed by atoms with Crippen LogP contribution in [0.15, 0.2) is 36.7 Å². The van der Waals surface area contributed by atoms with E-state index < -0.39 is 0 Å². The Morgan fingerprint density at radius 1 is 0.944 bits per heavy atom. The average Bonchev–Trinajstić information content (AvgIpc) is 2.71. The molecular weight excluding hydrogens is 220 g/mol. The molecule has 0 fully saturated rings. The van der Waals surface area contributed by atoms with Gasteiger partial charge in [-0.1, -0.05) is 44.0 Å². The van der Waals surface area contributed by atoms with Crippen molar-refractivity contribution in [2.24, 2.45) is 0 Å². The van der Waals surface area contributed by atoms with E-state index >= 15 is 0 Å². The van der Waals surface area contributed by atoms with E-state index in [-0.39, 0.29) is 0 Å². The fourth-order valence-corrected chi connectivity index (χ4v) is 2.57. The van der Waals surface area contributed by atoms with Gasteiger partial charge in [-0.15, -0.1) is 0 Å². The second-order valence-electron chi connectivity index (χ2n) is 5.20. The minimum absolute atomic E-state index is 0.356. The van der Waals surface area contributed by atoms with E-state index in [4.69, 9.17) is 0 Å². The molecule has 0 spiro atoms. The van der Waals surface area contributed by atoms with Crippen LogP contribution in [-0.2, 0) is 6.42 Å². The van der Waals surface area contributed by atoms with E-state index in [1.807, 2.05) is 0 Å². The number of aryl methyl sites for hydroxylation is 1. The Kier molecular flexibility index (Phi) is 4.29. The maximum Gasteiger partial charge on any atom is 0.127 e. The van der Waals surface area contributed by atoms with Gasteiger partial charge in [-0.3, -0.25) is 0 Å². The summed E-state index contributed by atoms with van der Waals surface area (Å²) in [6, 6.07) is 9.11. The second-order valence-corrected chi connectivity index (χ2v) is 5.20. The lowest BCUT2D eigenvalue weighted by Crippen LogP contribution is -2.25. The summed E-state index contributed by atoms with van der Waals surface area (Å²) >= 11 is 0. The predicted molar refractivity (Wildman–Crippen MR) is 77.1 cm³/mol. The number of hydrogen-bond acceptors (Lipinski definition) is 2. The second kappa shape index (κ2) is 5.94. The van der Waals surface area contributed by atoms with Crippen molar-refractivity contribution < 1.29 is 0 Å². The third-order valence-electron chi connectivity index (χ3n) is 3.66. The molecule has 1 aromatic carbocycles. The van der Waals surface area contributed by atoms with E-state index in [2.05, 4.69) is 67.5 Å². The van der Waals surface area contributed by atoms with Crippen molar-refractivity contribution in [3.8, 4) is 0 Å². The Morgan fingerprint density at radius 3 is 2.11 bits per heavy atom. The van der Waals surface area contributed by atoms with Crippen LogP contribution in [0.4, 0.5) is 0 Å². The monoisotopic (exact) mass is 244 g/mol. The van der Waals surface area contributed by atoms with Crippen LogP contribution >= 0.6 is 0 Å². The zero-order chi connectivity index (χ0) is 13.0. The third kappa shape index (κ3) is 2.87. The first-order chi connectivity index (χ1) is 8.72. The lowest BCUT2D eigenvalue weighted by molar-refractivity contribution is 0.209. The molecule has 18 heavy (non-hydrogen) atoms. The molecule has 98 valence electrons. The summed E-state index contributed by atoms with van der Waals surface area (Å²) < 4.78 is 0.